The summed E-state index contributed by atoms with van der Waals surface area (Å²) < 4.78 is 17.7. The first kappa shape index (κ1) is 20.6. The molecule has 5 rings (SSSR count). The highest BCUT2D eigenvalue weighted by molar-refractivity contribution is 5.94. The van der Waals surface area contributed by atoms with Crippen LogP contribution in [0.5, 0.6) is 11.5 Å². The summed E-state index contributed by atoms with van der Waals surface area (Å²) in [6, 6.07) is 7.21. The summed E-state index contributed by atoms with van der Waals surface area (Å²) in [6.07, 6.45) is 4.72. The number of benzene rings is 1. The zero-order chi connectivity index (χ0) is 22.9. The Morgan fingerprint density at radius 1 is 1.12 bits per heavy atom. The van der Waals surface area contributed by atoms with Crippen LogP contribution in [0, 0.1) is 0 Å². The number of rotatable bonds is 6. The lowest BCUT2D eigenvalue weighted by molar-refractivity contribution is 0.0558. The molecular formula is C22H21N7O4. The third kappa shape index (κ3) is 3.77. The lowest BCUT2D eigenvalue weighted by atomic mass is 9.99. The second-order valence-corrected chi connectivity index (χ2v) is 7.56. The van der Waals surface area contributed by atoms with E-state index >= 15 is 0 Å². The normalized spacial score (nSPS) is 13.6. The Balaban J connectivity index is 1.30. The summed E-state index contributed by atoms with van der Waals surface area (Å²) in [7, 11) is 4.93. The van der Waals surface area contributed by atoms with E-state index in [1.54, 1.807) is 55.5 Å². The van der Waals surface area contributed by atoms with Crippen LogP contribution >= 0.6 is 0 Å². The number of aromatic nitrogens is 6. The molecule has 1 saturated heterocycles. The van der Waals surface area contributed by atoms with Crippen molar-refractivity contribution in [1.29, 1.82) is 0 Å². The first-order valence-electron chi connectivity index (χ1n) is 10.2. The zero-order valence-electron chi connectivity index (χ0n) is 18.3. The molecule has 11 heteroatoms. The molecule has 33 heavy (non-hydrogen) atoms. The quantitative estimate of drug-likeness (QED) is 0.438. The molecule has 0 bridgehead atoms. The van der Waals surface area contributed by atoms with E-state index in [2.05, 4.69) is 25.2 Å². The van der Waals surface area contributed by atoms with Gasteiger partial charge in [-0.3, -0.25) is 14.5 Å². The molecule has 4 heterocycles. The summed E-state index contributed by atoms with van der Waals surface area (Å²) in [5.74, 6) is 2.03. The fourth-order valence-corrected chi connectivity index (χ4v) is 3.70. The van der Waals surface area contributed by atoms with Gasteiger partial charge in [0.2, 0.25) is 11.7 Å². The van der Waals surface area contributed by atoms with Gasteiger partial charge in [0.15, 0.2) is 0 Å². The van der Waals surface area contributed by atoms with Gasteiger partial charge in [0.25, 0.3) is 5.91 Å². The van der Waals surface area contributed by atoms with E-state index < -0.39 is 0 Å². The van der Waals surface area contributed by atoms with Gasteiger partial charge < -0.3 is 18.9 Å². The van der Waals surface area contributed by atoms with Gasteiger partial charge in [0, 0.05) is 38.1 Å². The van der Waals surface area contributed by atoms with E-state index in [0.29, 0.717) is 53.4 Å². The summed E-state index contributed by atoms with van der Waals surface area (Å²) in [6.45, 7) is 0.952. The lowest BCUT2D eigenvalue weighted by Crippen LogP contribution is -2.49. The van der Waals surface area contributed by atoms with Crippen LogP contribution < -0.4 is 9.47 Å². The third-order valence-electron chi connectivity index (χ3n) is 5.53. The SMILES string of the molecule is COc1ccc(OC)c(-c2cc(C(=O)N3CC(c4nc(-c5cnccn5)no4)C3)n(C)n2)c1. The van der Waals surface area contributed by atoms with Crippen molar-refractivity contribution in [2.75, 3.05) is 27.3 Å². The Morgan fingerprint density at radius 3 is 2.70 bits per heavy atom. The molecule has 4 aromatic rings. The maximum Gasteiger partial charge on any atom is 0.272 e. The van der Waals surface area contributed by atoms with Crippen molar-refractivity contribution >= 4 is 5.91 Å². The zero-order valence-corrected chi connectivity index (χ0v) is 18.3. The van der Waals surface area contributed by atoms with Gasteiger partial charge in [-0.15, -0.1) is 0 Å². The third-order valence-corrected chi connectivity index (χ3v) is 5.53. The Morgan fingerprint density at radius 2 is 1.97 bits per heavy atom. The van der Waals surface area contributed by atoms with Crippen LogP contribution in [0.25, 0.3) is 22.8 Å². The second-order valence-electron chi connectivity index (χ2n) is 7.56. The van der Waals surface area contributed by atoms with E-state index in [4.69, 9.17) is 14.0 Å². The molecule has 3 aromatic heterocycles. The van der Waals surface area contributed by atoms with Gasteiger partial charge in [-0.25, -0.2) is 4.98 Å². The monoisotopic (exact) mass is 447 g/mol. The molecule has 0 atom stereocenters. The molecule has 1 aliphatic rings. The topological polar surface area (TPSA) is 121 Å². The molecule has 1 aromatic carbocycles. The van der Waals surface area contributed by atoms with Gasteiger partial charge in [0.05, 0.1) is 32.0 Å². The standard InChI is InChI=1S/C22H21N7O4/c1-28-18(9-16(26-28)15-8-14(31-2)4-5-19(15)32-3)22(30)29-11-13(12-29)21-25-20(27-33-21)17-10-23-6-7-24-17/h4-10,13H,11-12H2,1-3H3. The summed E-state index contributed by atoms with van der Waals surface area (Å²) in [5, 5.41) is 8.49. The summed E-state index contributed by atoms with van der Waals surface area (Å²) in [5.41, 5.74) is 2.38. The van der Waals surface area contributed by atoms with Crippen LogP contribution in [0.4, 0.5) is 0 Å². The lowest BCUT2D eigenvalue weighted by Gasteiger charge is -2.36. The van der Waals surface area contributed by atoms with Gasteiger partial charge in [0.1, 0.15) is 22.9 Å². The van der Waals surface area contributed by atoms with Crippen molar-refractivity contribution in [3.63, 3.8) is 0 Å². The van der Waals surface area contributed by atoms with Crippen LogP contribution in [0.15, 0.2) is 47.4 Å². The molecular weight excluding hydrogens is 426 g/mol. The van der Waals surface area contributed by atoms with Crippen molar-refractivity contribution < 1.29 is 18.8 Å². The predicted octanol–water partition coefficient (Wildman–Crippen LogP) is 2.18. The van der Waals surface area contributed by atoms with Crippen LogP contribution in [0.1, 0.15) is 22.3 Å². The van der Waals surface area contributed by atoms with Crippen molar-refractivity contribution in [3.8, 4) is 34.3 Å². The molecule has 11 nitrogen and oxygen atoms in total. The highest BCUT2D eigenvalue weighted by Gasteiger charge is 2.37. The van der Waals surface area contributed by atoms with Gasteiger partial charge in [-0.2, -0.15) is 10.1 Å². The molecule has 0 saturated carbocycles. The smallest absolute Gasteiger partial charge is 0.272 e. The maximum absolute atomic E-state index is 13.1. The summed E-state index contributed by atoms with van der Waals surface area (Å²) in [4.78, 5) is 27.4. The molecule has 1 aliphatic heterocycles. The van der Waals surface area contributed by atoms with E-state index in [1.807, 2.05) is 18.2 Å². The van der Waals surface area contributed by atoms with Gasteiger partial charge >= 0.3 is 0 Å². The van der Waals surface area contributed by atoms with Gasteiger partial charge in [-0.05, 0) is 24.3 Å². The van der Waals surface area contributed by atoms with Crippen LogP contribution in [-0.2, 0) is 7.05 Å². The molecule has 1 fully saturated rings. The van der Waals surface area contributed by atoms with E-state index in [9.17, 15) is 4.79 Å². The number of amides is 1. The molecule has 168 valence electrons. The Labute approximate surface area is 189 Å². The predicted molar refractivity (Wildman–Crippen MR) is 116 cm³/mol. The van der Waals surface area contributed by atoms with Crippen LogP contribution in [0.3, 0.4) is 0 Å². The number of methoxy groups -OCH3 is 2. The molecule has 1 amide bonds. The number of hydrogen-bond donors (Lipinski definition) is 0. The van der Waals surface area contributed by atoms with Crippen molar-refractivity contribution in [2.45, 2.75) is 5.92 Å². The van der Waals surface area contributed by atoms with E-state index in [1.165, 1.54) is 0 Å². The van der Waals surface area contributed by atoms with E-state index in [-0.39, 0.29) is 11.8 Å². The van der Waals surface area contributed by atoms with Crippen molar-refractivity contribution in [2.24, 2.45) is 7.05 Å². The van der Waals surface area contributed by atoms with Crippen molar-refractivity contribution in [1.82, 2.24) is 34.8 Å². The van der Waals surface area contributed by atoms with Crippen molar-refractivity contribution in [3.05, 3.63) is 54.4 Å². The Bertz CT molecular complexity index is 1300. The number of ether oxygens (including phenoxy) is 2. The van der Waals surface area contributed by atoms with Crippen LogP contribution in [-0.4, -0.2) is 68.0 Å². The number of likely N-dealkylation sites (tertiary alicyclic amines) is 1. The minimum Gasteiger partial charge on any atom is -0.497 e. The molecule has 0 unspecified atom stereocenters. The molecule has 0 aliphatic carbocycles. The fraction of sp³-hybridized carbons (Fsp3) is 0.273. The molecule has 0 spiro atoms. The first-order valence-corrected chi connectivity index (χ1v) is 10.2. The number of carbonyl (C=O) groups is 1. The minimum atomic E-state index is -0.122. The fourth-order valence-electron chi connectivity index (χ4n) is 3.70. The van der Waals surface area contributed by atoms with Gasteiger partial charge in [-0.1, -0.05) is 5.16 Å². The van der Waals surface area contributed by atoms with E-state index in [0.717, 1.165) is 5.56 Å². The molecule has 0 N–H and O–H groups in total. The number of carbonyl (C=O) groups excluding carboxylic acids is 1. The average Bonchev–Trinajstić information content (AvgIpc) is 3.45. The van der Waals surface area contributed by atoms with Crippen LogP contribution in [0.2, 0.25) is 0 Å². The largest absolute Gasteiger partial charge is 0.497 e. The Hall–Kier alpha value is -4.28. The summed E-state index contributed by atoms with van der Waals surface area (Å²) >= 11 is 0. The maximum atomic E-state index is 13.1. The highest BCUT2D eigenvalue weighted by atomic mass is 16.5. The number of hydrogen-bond acceptors (Lipinski definition) is 9. The first-order chi connectivity index (χ1) is 16.1. The highest BCUT2D eigenvalue weighted by Crippen LogP contribution is 2.34. The number of nitrogens with zero attached hydrogens (tertiary/aromatic N) is 7. The second kappa shape index (κ2) is 8.34. The minimum absolute atomic E-state index is 0.0296. The Kier molecular flexibility index (Phi) is 5.21. The average molecular weight is 447 g/mol. The number of aryl methyl sites for hydroxylation is 1. The molecule has 0 radical (unpaired) electrons.